The molecule has 0 aliphatic heterocycles. The zero-order valence-corrected chi connectivity index (χ0v) is 12.4. The maximum Gasteiger partial charge on any atom is 0.335 e. The van der Waals surface area contributed by atoms with Crippen molar-refractivity contribution in [1.82, 2.24) is 4.57 Å². The first-order valence-corrected chi connectivity index (χ1v) is 6.74. The number of aromatic carboxylic acids is 1. The Morgan fingerprint density at radius 3 is 2.45 bits per heavy atom. The summed E-state index contributed by atoms with van der Waals surface area (Å²) in [4.78, 5) is 11.3. The number of hydrogen-bond acceptors (Lipinski definition) is 2. The van der Waals surface area contributed by atoms with Crippen molar-refractivity contribution in [3.63, 3.8) is 0 Å². The second-order valence-electron chi connectivity index (χ2n) is 6.20. The van der Waals surface area contributed by atoms with Crippen LogP contribution in [0.25, 0.3) is 10.9 Å². The lowest BCUT2D eigenvalue weighted by Crippen LogP contribution is -2.15. The summed E-state index contributed by atoms with van der Waals surface area (Å²) in [6.07, 6.45) is 1.97. The second kappa shape index (κ2) is 4.94. The Morgan fingerprint density at radius 1 is 1.30 bits per heavy atom. The zero-order chi connectivity index (χ0) is 15.1. The molecule has 20 heavy (non-hydrogen) atoms. The highest BCUT2D eigenvalue weighted by molar-refractivity contribution is 5.97. The number of carboxylic acids is 1. The van der Waals surface area contributed by atoms with E-state index in [1.807, 2.05) is 17.7 Å². The predicted molar refractivity (Wildman–Crippen MR) is 79.4 cm³/mol. The lowest BCUT2D eigenvalue weighted by Gasteiger charge is -2.22. The Balaban J connectivity index is 2.87. The van der Waals surface area contributed by atoms with Gasteiger partial charge in [-0.3, -0.25) is 0 Å². The maximum atomic E-state index is 11.3. The number of aromatic nitrogens is 1. The topological polar surface area (TPSA) is 62.5 Å². The Labute approximate surface area is 118 Å². The van der Waals surface area contributed by atoms with E-state index in [1.165, 1.54) is 0 Å². The van der Waals surface area contributed by atoms with Gasteiger partial charge in [0.15, 0.2) is 0 Å². The van der Waals surface area contributed by atoms with Gasteiger partial charge in [0.25, 0.3) is 0 Å². The van der Waals surface area contributed by atoms with Gasteiger partial charge < -0.3 is 14.8 Å². The Bertz CT molecular complexity index is 662. The normalized spacial score (nSPS) is 12.1. The van der Waals surface area contributed by atoms with Crippen molar-refractivity contribution in [2.75, 3.05) is 6.61 Å². The van der Waals surface area contributed by atoms with Crippen LogP contribution in [0.1, 0.15) is 42.3 Å². The summed E-state index contributed by atoms with van der Waals surface area (Å²) < 4.78 is 2.01. The highest BCUT2D eigenvalue weighted by Gasteiger charge is 2.22. The number of carboxylic acid groups (broad SMARTS) is 1. The number of nitrogens with zero attached hydrogens (tertiary/aromatic N) is 1. The number of aliphatic hydroxyl groups is 1. The fourth-order valence-corrected chi connectivity index (χ4v) is 2.59. The van der Waals surface area contributed by atoms with Gasteiger partial charge in [0.1, 0.15) is 0 Å². The zero-order valence-electron chi connectivity index (χ0n) is 12.4. The minimum absolute atomic E-state index is 0.0630. The average molecular weight is 275 g/mol. The summed E-state index contributed by atoms with van der Waals surface area (Å²) in [7, 11) is 0. The van der Waals surface area contributed by atoms with Crippen molar-refractivity contribution in [2.45, 2.75) is 39.7 Å². The van der Waals surface area contributed by atoms with Crippen LogP contribution in [0.2, 0.25) is 0 Å². The fraction of sp³-hybridized carbons (Fsp3) is 0.438. The van der Waals surface area contributed by atoms with E-state index in [1.54, 1.807) is 12.1 Å². The highest BCUT2D eigenvalue weighted by atomic mass is 16.4. The number of aryl methyl sites for hydroxylation is 1. The van der Waals surface area contributed by atoms with Crippen molar-refractivity contribution in [3.8, 4) is 0 Å². The van der Waals surface area contributed by atoms with Crippen LogP contribution in [0.4, 0.5) is 0 Å². The van der Waals surface area contributed by atoms with Gasteiger partial charge in [-0.25, -0.2) is 4.79 Å². The molecule has 4 nitrogen and oxygen atoms in total. The van der Waals surface area contributed by atoms with Gasteiger partial charge in [-0.2, -0.15) is 0 Å². The van der Waals surface area contributed by atoms with Crippen LogP contribution in [0, 0.1) is 6.92 Å². The minimum atomic E-state index is -0.910. The number of benzene rings is 1. The highest BCUT2D eigenvalue weighted by Crippen LogP contribution is 2.34. The number of rotatable bonds is 3. The van der Waals surface area contributed by atoms with E-state index < -0.39 is 5.97 Å². The Hall–Kier alpha value is -1.81. The first-order chi connectivity index (χ1) is 9.25. The number of fused-ring (bicyclic) bond motifs is 1. The van der Waals surface area contributed by atoms with Gasteiger partial charge in [-0.1, -0.05) is 20.8 Å². The third-order valence-corrected chi connectivity index (χ3v) is 3.57. The molecule has 0 bridgehead atoms. The third-order valence-electron chi connectivity index (χ3n) is 3.57. The van der Waals surface area contributed by atoms with Crippen molar-refractivity contribution >= 4 is 16.9 Å². The van der Waals surface area contributed by atoms with E-state index in [0.29, 0.717) is 12.1 Å². The van der Waals surface area contributed by atoms with Crippen LogP contribution in [0.15, 0.2) is 18.3 Å². The predicted octanol–water partition coefficient (Wildman–Crippen LogP) is 2.94. The molecule has 2 N–H and O–H groups in total. The van der Waals surface area contributed by atoms with Crippen LogP contribution < -0.4 is 0 Å². The number of hydrogen-bond donors (Lipinski definition) is 2. The average Bonchev–Trinajstić information content (AvgIpc) is 2.65. The first-order valence-electron chi connectivity index (χ1n) is 6.74. The van der Waals surface area contributed by atoms with Crippen molar-refractivity contribution < 1.29 is 15.0 Å². The summed E-state index contributed by atoms with van der Waals surface area (Å²) in [6, 6.07) is 3.47. The molecule has 4 heteroatoms. The van der Waals surface area contributed by atoms with Crippen LogP contribution in [-0.4, -0.2) is 27.4 Å². The summed E-state index contributed by atoms with van der Waals surface area (Å²) in [5, 5.41) is 19.4. The van der Waals surface area contributed by atoms with Gasteiger partial charge in [-0.05, 0) is 35.6 Å². The Morgan fingerprint density at radius 2 is 1.95 bits per heavy atom. The van der Waals surface area contributed by atoms with E-state index in [2.05, 4.69) is 20.8 Å². The second-order valence-corrected chi connectivity index (χ2v) is 6.20. The van der Waals surface area contributed by atoms with E-state index in [0.717, 1.165) is 22.0 Å². The molecule has 2 rings (SSSR count). The van der Waals surface area contributed by atoms with Gasteiger partial charge >= 0.3 is 5.97 Å². The van der Waals surface area contributed by atoms with E-state index >= 15 is 0 Å². The Kier molecular flexibility index (Phi) is 3.61. The molecule has 108 valence electrons. The van der Waals surface area contributed by atoms with Crippen molar-refractivity contribution in [2.24, 2.45) is 0 Å². The van der Waals surface area contributed by atoms with Crippen molar-refractivity contribution in [3.05, 3.63) is 35.0 Å². The molecule has 0 radical (unpaired) electrons. The van der Waals surface area contributed by atoms with E-state index in [-0.39, 0.29) is 12.0 Å². The van der Waals surface area contributed by atoms with Gasteiger partial charge in [-0.15, -0.1) is 0 Å². The lowest BCUT2D eigenvalue weighted by molar-refractivity contribution is 0.0697. The minimum Gasteiger partial charge on any atom is -0.478 e. The molecule has 0 atom stereocenters. The van der Waals surface area contributed by atoms with Gasteiger partial charge in [0.05, 0.1) is 17.7 Å². The molecule has 2 aromatic rings. The third kappa shape index (κ3) is 2.43. The molecule has 0 saturated carbocycles. The van der Waals surface area contributed by atoms with Crippen molar-refractivity contribution in [1.29, 1.82) is 0 Å². The molecule has 1 aromatic heterocycles. The molecule has 1 aromatic carbocycles. The molecule has 0 unspecified atom stereocenters. The standard InChI is InChI=1S/C16H21NO3/c1-10-9-17(5-6-18)14-12(10)7-11(15(19)20)8-13(14)16(2,3)4/h7-9,18H,5-6H2,1-4H3,(H,19,20). The number of aliphatic hydroxyl groups excluding tert-OH is 1. The smallest absolute Gasteiger partial charge is 0.335 e. The van der Waals surface area contributed by atoms with Gasteiger partial charge in [0, 0.05) is 18.1 Å². The quantitative estimate of drug-likeness (QED) is 0.905. The number of carbonyl (C=O) groups is 1. The van der Waals surface area contributed by atoms with Gasteiger partial charge in [0.2, 0.25) is 0 Å². The molecule has 1 heterocycles. The summed E-state index contributed by atoms with van der Waals surface area (Å²) in [5.74, 6) is -0.910. The van der Waals surface area contributed by atoms with E-state index in [9.17, 15) is 15.0 Å². The lowest BCUT2D eigenvalue weighted by atomic mass is 9.84. The first kappa shape index (κ1) is 14.6. The molecular formula is C16H21NO3. The molecule has 0 aliphatic carbocycles. The van der Waals surface area contributed by atoms with Crippen LogP contribution in [0.3, 0.4) is 0 Å². The molecule has 0 spiro atoms. The van der Waals surface area contributed by atoms with Crippen LogP contribution >= 0.6 is 0 Å². The molecule has 0 aliphatic rings. The molecular weight excluding hydrogens is 254 g/mol. The fourth-order valence-electron chi connectivity index (χ4n) is 2.59. The van der Waals surface area contributed by atoms with Crippen LogP contribution in [-0.2, 0) is 12.0 Å². The molecule has 0 amide bonds. The monoisotopic (exact) mass is 275 g/mol. The largest absolute Gasteiger partial charge is 0.478 e. The maximum absolute atomic E-state index is 11.3. The SMILES string of the molecule is Cc1cn(CCO)c2c(C(C)(C)C)cc(C(=O)O)cc12. The summed E-state index contributed by atoms with van der Waals surface area (Å²) >= 11 is 0. The van der Waals surface area contributed by atoms with E-state index in [4.69, 9.17) is 0 Å². The summed E-state index contributed by atoms with van der Waals surface area (Å²) in [6.45, 7) is 8.75. The molecule has 0 saturated heterocycles. The summed E-state index contributed by atoms with van der Waals surface area (Å²) in [5.41, 5.74) is 3.19. The van der Waals surface area contributed by atoms with Crippen LogP contribution in [0.5, 0.6) is 0 Å². The molecule has 0 fully saturated rings.